The lowest BCUT2D eigenvalue weighted by Crippen LogP contribution is -2.43. The van der Waals surface area contributed by atoms with E-state index in [-0.39, 0.29) is 5.54 Å². The summed E-state index contributed by atoms with van der Waals surface area (Å²) >= 11 is 0. The van der Waals surface area contributed by atoms with E-state index >= 15 is 0 Å². The van der Waals surface area contributed by atoms with Crippen molar-refractivity contribution in [1.82, 2.24) is 5.32 Å². The highest BCUT2D eigenvalue weighted by Gasteiger charge is 2.33. The smallest absolute Gasteiger partial charge is 0.189 e. The predicted octanol–water partition coefficient (Wildman–Crippen LogP) is 0.828. The lowest BCUT2D eigenvalue weighted by atomic mass is 9.92. The van der Waals surface area contributed by atoms with Crippen molar-refractivity contribution in [3.05, 3.63) is 29.8 Å². The average Bonchev–Trinajstić information content (AvgIpc) is 2.60. The molecule has 1 aromatic carbocycles. The third-order valence-electron chi connectivity index (χ3n) is 2.67. The van der Waals surface area contributed by atoms with Crippen molar-refractivity contribution in [1.29, 1.82) is 0 Å². The van der Waals surface area contributed by atoms with Crippen molar-refractivity contribution in [3.8, 4) is 5.75 Å². The van der Waals surface area contributed by atoms with Crippen molar-refractivity contribution in [2.45, 2.75) is 12.5 Å². The SMILES string of the molecule is COc1ccccc1C1(C)CN=C(N)N1. The van der Waals surface area contributed by atoms with Gasteiger partial charge in [-0.25, -0.2) is 0 Å². The van der Waals surface area contributed by atoms with Gasteiger partial charge in [-0.1, -0.05) is 18.2 Å². The van der Waals surface area contributed by atoms with Gasteiger partial charge in [0.15, 0.2) is 5.96 Å². The molecule has 2 rings (SSSR count). The van der Waals surface area contributed by atoms with Crippen LogP contribution in [0, 0.1) is 0 Å². The molecule has 3 N–H and O–H groups in total. The number of methoxy groups -OCH3 is 1. The Morgan fingerprint density at radius 3 is 2.80 bits per heavy atom. The summed E-state index contributed by atoms with van der Waals surface area (Å²) in [7, 11) is 1.67. The number of aliphatic imine (C=N–C) groups is 1. The fourth-order valence-corrected chi connectivity index (χ4v) is 1.86. The van der Waals surface area contributed by atoms with Gasteiger partial charge >= 0.3 is 0 Å². The summed E-state index contributed by atoms with van der Waals surface area (Å²) in [5, 5.41) is 3.17. The van der Waals surface area contributed by atoms with Crippen LogP contribution >= 0.6 is 0 Å². The zero-order valence-electron chi connectivity index (χ0n) is 8.95. The van der Waals surface area contributed by atoms with E-state index < -0.39 is 0 Å². The quantitative estimate of drug-likeness (QED) is 0.751. The molecule has 1 aliphatic heterocycles. The van der Waals surface area contributed by atoms with Gasteiger partial charge in [-0.05, 0) is 13.0 Å². The maximum absolute atomic E-state index is 5.64. The molecule has 4 heteroatoms. The lowest BCUT2D eigenvalue weighted by Gasteiger charge is -2.26. The van der Waals surface area contributed by atoms with Crippen molar-refractivity contribution in [3.63, 3.8) is 0 Å². The first-order valence-corrected chi connectivity index (χ1v) is 4.87. The van der Waals surface area contributed by atoms with Crippen molar-refractivity contribution < 1.29 is 4.74 Å². The second kappa shape index (κ2) is 3.46. The first-order valence-electron chi connectivity index (χ1n) is 4.87. The number of hydrogen-bond donors (Lipinski definition) is 2. The molecule has 0 aliphatic carbocycles. The molecular formula is C11H15N3O. The Bertz CT molecular complexity index is 403. The summed E-state index contributed by atoms with van der Waals surface area (Å²) in [5.41, 5.74) is 6.46. The van der Waals surface area contributed by atoms with Crippen LogP contribution in [-0.4, -0.2) is 19.6 Å². The van der Waals surface area contributed by atoms with Crippen molar-refractivity contribution in [2.24, 2.45) is 10.7 Å². The number of hydrogen-bond acceptors (Lipinski definition) is 4. The second-order valence-electron chi connectivity index (χ2n) is 3.86. The van der Waals surface area contributed by atoms with Gasteiger partial charge in [0, 0.05) is 5.56 Å². The van der Waals surface area contributed by atoms with Crippen LogP contribution in [-0.2, 0) is 5.54 Å². The lowest BCUT2D eigenvalue weighted by molar-refractivity contribution is 0.384. The maximum Gasteiger partial charge on any atom is 0.189 e. The molecule has 4 nitrogen and oxygen atoms in total. The van der Waals surface area contributed by atoms with Gasteiger partial charge in [-0.2, -0.15) is 0 Å². The summed E-state index contributed by atoms with van der Waals surface area (Å²) in [5.74, 6) is 1.35. The average molecular weight is 205 g/mol. The van der Waals surface area contributed by atoms with Crippen LogP contribution in [0.25, 0.3) is 0 Å². The van der Waals surface area contributed by atoms with Crippen LogP contribution in [0.5, 0.6) is 5.75 Å². The molecule has 0 bridgehead atoms. The molecule has 1 unspecified atom stereocenters. The Labute approximate surface area is 89.1 Å². The van der Waals surface area contributed by atoms with E-state index in [1.54, 1.807) is 7.11 Å². The number of nitrogens with two attached hydrogens (primary N) is 1. The van der Waals surface area contributed by atoms with Crippen LogP contribution in [0.4, 0.5) is 0 Å². The summed E-state index contributed by atoms with van der Waals surface area (Å²) in [6.45, 7) is 2.70. The van der Waals surface area contributed by atoms with Gasteiger partial charge in [0.2, 0.25) is 0 Å². The number of rotatable bonds is 2. The van der Waals surface area contributed by atoms with Crippen LogP contribution in [0.1, 0.15) is 12.5 Å². The molecule has 0 amide bonds. The molecule has 0 aromatic heterocycles. The van der Waals surface area contributed by atoms with Gasteiger partial charge in [0.25, 0.3) is 0 Å². The molecule has 1 heterocycles. The van der Waals surface area contributed by atoms with E-state index in [2.05, 4.69) is 17.2 Å². The van der Waals surface area contributed by atoms with Gasteiger partial charge < -0.3 is 15.8 Å². The van der Waals surface area contributed by atoms with Gasteiger partial charge in [-0.15, -0.1) is 0 Å². The summed E-state index contributed by atoms with van der Waals surface area (Å²) in [6.07, 6.45) is 0. The standard InChI is InChI=1S/C11H15N3O/c1-11(7-13-10(12)14-11)8-5-3-4-6-9(8)15-2/h3-6H,7H2,1-2H3,(H3,12,13,14). The molecule has 0 radical (unpaired) electrons. The number of nitrogens with one attached hydrogen (secondary N) is 1. The first kappa shape index (κ1) is 9.83. The first-order chi connectivity index (χ1) is 7.15. The minimum Gasteiger partial charge on any atom is -0.496 e. The second-order valence-corrected chi connectivity index (χ2v) is 3.86. The molecule has 1 atom stereocenters. The van der Waals surface area contributed by atoms with Crippen molar-refractivity contribution in [2.75, 3.05) is 13.7 Å². The van der Waals surface area contributed by atoms with Gasteiger partial charge in [-0.3, -0.25) is 4.99 Å². The molecule has 0 fully saturated rings. The van der Waals surface area contributed by atoms with Crippen LogP contribution in [0.2, 0.25) is 0 Å². The fourth-order valence-electron chi connectivity index (χ4n) is 1.86. The van der Waals surface area contributed by atoms with E-state index in [0.29, 0.717) is 12.5 Å². The normalized spacial score (nSPS) is 24.5. The third-order valence-corrected chi connectivity index (χ3v) is 2.67. The summed E-state index contributed by atoms with van der Waals surface area (Å²) in [6, 6.07) is 7.90. The minimum absolute atomic E-state index is 0.253. The zero-order valence-corrected chi connectivity index (χ0v) is 8.95. The van der Waals surface area contributed by atoms with E-state index in [9.17, 15) is 0 Å². The number of nitrogens with zero attached hydrogens (tertiary/aromatic N) is 1. The summed E-state index contributed by atoms with van der Waals surface area (Å²) < 4.78 is 5.33. The molecule has 15 heavy (non-hydrogen) atoms. The predicted molar refractivity (Wildman–Crippen MR) is 60.0 cm³/mol. The number of para-hydroxylation sites is 1. The molecule has 80 valence electrons. The van der Waals surface area contributed by atoms with E-state index in [4.69, 9.17) is 10.5 Å². The van der Waals surface area contributed by atoms with E-state index in [0.717, 1.165) is 11.3 Å². The third kappa shape index (κ3) is 1.63. The van der Waals surface area contributed by atoms with Gasteiger partial charge in [0.05, 0.1) is 19.2 Å². The molecule has 1 aliphatic rings. The van der Waals surface area contributed by atoms with Gasteiger partial charge in [0.1, 0.15) is 5.75 Å². The Kier molecular flexibility index (Phi) is 2.26. The van der Waals surface area contributed by atoms with Crippen LogP contribution in [0.3, 0.4) is 0 Å². The molecule has 0 saturated heterocycles. The highest BCUT2D eigenvalue weighted by Crippen LogP contribution is 2.31. The highest BCUT2D eigenvalue weighted by atomic mass is 16.5. The number of guanidine groups is 1. The molecule has 0 spiro atoms. The van der Waals surface area contributed by atoms with Crippen LogP contribution < -0.4 is 15.8 Å². The maximum atomic E-state index is 5.64. The minimum atomic E-state index is -0.253. The Hall–Kier alpha value is -1.71. The Balaban J connectivity index is 2.37. The molecular weight excluding hydrogens is 190 g/mol. The highest BCUT2D eigenvalue weighted by molar-refractivity contribution is 5.81. The van der Waals surface area contributed by atoms with E-state index in [1.807, 2.05) is 24.3 Å². The largest absolute Gasteiger partial charge is 0.496 e. The Morgan fingerprint density at radius 2 is 2.20 bits per heavy atom. The molecule has 1 aromatic rings. The topological polar surface area (TPSA) is 59.6 Å². The summed E-state index contributed by atoms with van der Waals surface area (Å²) in [4.78, 5) is 4.17. The van der Waals surface area contributed by atoms with Crippen LogP contribution in [0.15, 0.2) is 29.3 Å². The monoisotopic (exact) mass is 205 g/mol. The van der Waals surface area contributed by atoms with E-state index in [1.165, 1.54) is 0 Å². The number of benzene rings is 1. The Morgan fingerprint density at radius 1 is 1.47 bits per heavy atom. The zero-order chi connectivity index (χ0) is 10.9. The van der Waals surface area contributed by atoms with Crippen molar-refractivity contribution >= 4 is 5.96 Å². The molecule has 0 saturated carbocycles. The number of ether oxygens (including phenoxy) is 1. The fraction of sp³-hybridized carbons (Fsp3) is 0.364.